The van der Waals surface area contributed by atoms with Gasteiger partial charge in [-0.1, -0.05) is 20.8 Å². The van der Waals surface area contributed by atoms with Crippen molar-refractivity contribution < 1.29 is 10.2 Å². The van der Waals surface area contributed by atoms with Crippen LogP contribution in [0.4, 0.5) is 0 Å². The SMILES string of the molecule is CC1(C)[C@@H]2C[C@H](O)[C@@]1(C)[C@](C)(O)C2. The summed E-state index contributed by atoms with van der Waals surface area (Å²) < 4.78 is 0. The highest BCUT2D eigenvalue weighted by Gasteiger charge is 2.70. The molecule has 76 valence electrons. The first-order valence-electron chi connectivity index (χ1n) is 5.14. The normalized spacial score (nSPS) is 58.6. The molecule has 2 N–H and O–H groups in total. The number of rotatable bonds is 0. The van der Waals surface area contributed by atoms with Crippen LogP contribution in [-0.4, -0.2) is 21.9 Å². The van der Waals surface area contributed by atoms with E-state index in [9.17, 15) is 10.2 Å². The van der Waals surface area contributed by atoms with Crippen LogP contribution >= 0.6 is 0 Å². The highest BCUT2D eigenvalue weighted by atomic mass is 16.3. The van der Waals surface area contributed by atoms with Crippen molar-refractivity contribution in [3.05, 3.63) is 0 Å². The minimum absolute atomic E-state index is 0.0654. The number of aliphatic hydroxyl groups is 2. The van der Waals surface area contributed by atoms with E-state index >= 15 is 0 Å². The average molecular weight is 184 g/mol. The van der Waals surface area contributed by atoms with E-state index in [4.69, 9.17) is 0 Å². The van der Waals surface area contributed by atoms with Crippen LogP contribution in [0.1, 0.15) is 40.5 Å². The first kappa shape index (κ1) is 9.47. The smallest absolute Gasteiger partial charge is 0.0705 e. The fraction of sp³-hybridized carbons (Fsp3) is 1.00. The van der Waals surface area contributed by atoms with Gasteiger partial charge in [-0.3, -0.25) is 0 Å². The van der Waals surface area contributed by atoms with Crippen LogP contribution in [0.3, 0.4) is 0 Å². The number of hydrogen-bond acceptors (Lipinski definition) is 2. The summed E-state index contributed by atoms with van der Waals surface area (Å²) in [7, 11) is 0. The van der Waals surface area contributed by atoms with E-state index in [0.717, 1.165) is 12.8 Å². The first-order valence-corrected chi connectivity index (χ1v) is 5.14. The summed E-state index contributed by atoms with van der Waals surface area (Å²) in [5.41, 5.74) is -0.959. The molecule has 13 heavy (non-hydrogen) atoms. The summed E-state index contributed by atoms with van der Waals surface area (Å²) in [4.78, 5) is 0. The third-order valence-electron chi connectivity index (χ3n) is 5.30. The molecule has 2 aliphatic carbocycles. The second-order valence-electron chi connectivity index (χ2n) is 5.85. The molecule has 0 amide bonds. The van der Waals surface area contributed by atoms with E-state index < -0.39 is 5.60 Å². The molecule has 2 saturated carbocycles. The molecule has 2 heteroatoms. The standard InChI is InChI=1S/C11H20O2/c1-9(2)7-5-8(12)11(9,4)10(3,13)6-7/h7-8,12-13H,5-6H2,1-4H3/t7-,8+,10-,11-/m1/s1. The molecule has 4 atom stereocenters. The molecule has 2 nitrogen and oxygen atoms in total. The van der Waals surface area contributed by atoms with Crippen LogP contribution < -0.4 is 0 Å². The summed E-state index contributed by atoms with van der Waals surface area (Å²) in [6.07, 6.45) is 1.36. The molecule has 0 aromatic carbocycles. The Morgan fingerprint density at radius 1 is 1.15 bits per heavy atom. The Morgan fingerprint density at radius 3 is 1.92 bits per heavy atom. The van der Waals surface area contributed by atoms with E-state index in [1.54, 1.807) is 0 Å². The van der Waals surface area contributed by atoms with Gasteiger partial charge in [-0.2, -0.15) is 0 Å². The van der Waals surface area contributed by atoms with Crippen molar-refractivity contribution in [1.82, 2.24) is 0 Å². The Hall–Kier alpha value is -0.0800. The van der Waals surface area contributed by atoms with Crippen LogP contribution in [0, 0.1) is 16.7 Å². The van der Waals surface area contributed by atoms with Gasteiger partial charge in [-0.05, 0) is 31.1 Å². The summed E-state index contributed by atoms with van der Waals surface area (Å²) in [5.74, 6) is 0.475. The maximum atomic E-state index is 10.3. The number of aliphatic hydroxyl groups excluding tert-OH is 1. The molecule has 0 spiro atoms. The summed E-state index contributed by atoms with van der Waals surface area (Å²) in [6.45, 7) is 8.26. The lowest BCUT2D eigenvalue weighted by Crippen LogP contribution is -2.51. The Bertz CT molecular complexity index is 244. The lowest BCUT2D eigenvalue weighted by Gasteiger charge is -2.45. The molecular formula is C11H20O2. The molecule has 0 unspecified atom stereocenters. The maximum absolute atomic E-state index is 10.3. The zero-order valence-corrected chi connectivity index (χ0v) is 8.96. The van der Waals surface area contributed by atoms with E-state index in [2.05, 4.69) is 13.8 Å². The van der Waals surface area contributed by atoms with E-state index in [1.807, 2.05) is 13.8 Å². The van der Waals surface area contributed by atoms with Gasteiger partial charge in [0, 0.05) is 5.41 Å². The quantitative estimate of drug-likeness (QED) is 0.599. The van der Waals surface area contributed by atoms with Gasteiger partial charge in [0.05, 0.1) is 11.7 Å². The third-order valence-corrected chi connectivity index (χ3v) is 5.30. The minimum Gasteiger partial charge on any atom is -0.392 e. The highest BCUT2D eigenvalue weighted by molar-refractivity contribution is 5.19. The van der Waals surface area contributed by atoms with Crippen molar-refractivity contribution >= 4 is 0 Å². The summed E-state index contributed by atoms with van der Waals surface area (Å²) in [5, 5.41) is 20.3. The number of fused-ring (bicyclic) bond motifs is 2. The highest BCUT2D eigenvalue weighted by Crippen LogP contribution is 2.69. The predicted molar refractivity (Wildman–Crippen MR) is 51.2 cm³/mol. The van der Waals surface area contributed by atoms with E-state index in [0.29, 0.717) is 5.92 Å². The van der Waals surface area contributed by atoms with E-state index in [-0.39, 0.29) is 16.9 Å². The molecule has 2 rings (SSSR count). The second-order valence-corrected chi connectivity index (χ2v) is 5.85. The molecule has 0 radical (unpaired) electrons. The van der Waals surface area contributed by atoms with Crippen molar-refractivity contribution in [2.24, 2.45) is 16.7 Å². The van der Waals surface area contributed by atoms with Crippen molar-refractivity contribution in [1.29, 1.82) is 0 Å². The third kappa shape index (κ3) is 0.774. The zero-order valence-electron chi connectivity index (χ0n) is 8.96. The Kier molecular flexibility index (Phi) is 1.54. The Labute approximate surface area is 80.0 Å². The molecule has 0 heterocycles. The van der Waals surface area contributed by atoms with Crippen molar-refractivity contribution in [2.75, 3.05) is 0 Å². The Balaban J connectivity index is 2.52. The number of hydrogen-bond donors (Lipinski definition) is 2. The molecule has 2 fully saturated rings. The molecule has 0 aliphatic heterocycles. The van der Waals surface area contributed by atoms with Gasteiger partial charge >= 0.3 is 0 Å². The zero-order chi connectivity index (χ0) is 10.1. The fourth-order valence-electron chi connectivity index (χ4n) is 3.74. The van der Waals surface area contributed by atoms with Gasteiger partial charge in [-0.15, -0.1) is 0 Å². The van der Waals surface area contributed by atoms with E-state index in [1.165, 1.54) is 0 Å². The van der Waals surface area contributed by atoms with Gasteiger partial charge in [-0.25, -0.2) is 0 Å². The average Bonchev–Trinajstić information content (AvgIpc) is 2.18. The monoisotopic (exact) mass is 184 g/mol. The molecule has 2 aliphatic rings. The summed E-state index contributed by atoms with van der Waals surface area (Å²) >= 11 is 0. The Morgan fingerprint density at radius 2 is 1.69 bits per heavy atom. The first-order chi connectivity index (χ1) is 5.73. The van der Waals surface area contributed by atoms with Gasteiger partial charge in [0.2, 0.25) is 0 Å². The van der Waals surface area contributed by atoms with Crippen LogP contribution in [0.2, 0.25) is 0 Å². The molecule has 0 aromatic heterocycles. The van der Waals surface area contributed by atoms with Gasteiger partial charge in [0.25, 0.3) is 0 Å². The summed E-state index contributed by atoms with van der Waals surface area (Å²) in [6, 6.07) is 0. The van der Waals surface area contributed by atoms with Gasteiger partial charge in [0.15, 0.2) is 0 Å². The van der Waals surface area contributed by atoms with Crippen LogP contribution in [0.5, 0.6) is 0 Å². The molecule has 2 bridgehead atoms. The fourth-order valence-corrected chi connectivity index (χ4v) is 3.74. The van der Waals surface area contributed by atoms with Gasteiger partial charge < -0.3 is 10.2 Å². The molecular weight excluding hydrogens is 164 g/mol. The van der Waals surface area contributed by atoms with Crippen LogP contribution in [-0.2, 0) is 0 Å². The van der Waals surface area contributed by atoms with Crippen molar-refractivity contribution in [2.45, 2.75) is 52.2 Å². The topological polar surface area (TPSA) is 40.5 Å². The lowest BCUT2D eigenvalue weighted by molar-refractivity contribution is -0.133. The van der Waals surface area contributed by atoms with Crippen molar-refractivity contribution in [3.8, 4) is 0 Å². The maximum Gasteiger partial charge on any atom is 0.0705 e. The largest absolute Gasteiger partial charge is 0.392 e. The van der Waals surface area contributed by atoms with Crippen LogP contribution in [0.25, 0.3) is 0 Å². The second kappa shape index (κ2) is 2.12. The predicted octanol–water partition coefficient (Wildman–Crippen LogP) is 1.55. The van der Waals surface area contributed by atoms with Crippen LogP contribution in [0.15, 0.2) is 0 Å². The molecule has 0 saturated heterocycles. The van der Waals surface area contributed by atoms with Crippen molar-refractivity contribution in [3.63, 3.8) is 0 Å². The minimum atomic E-state index is -0.696. The lowest BCUT2D eigenvalue weighted by atomic mass is 9.64. The van der Waals surface area contributed by atoms with Gasteiger partial charge in [0.1, 0.15) is 0 Å². The molecule has 0 aromatic rings.